The monoisotopic (exact) mass is 1090 g/mol. The van der Waals surface area contributed by atoms with Gasteiger partial charge >= 0.3 is 0 Å². The Balaban J connectivity index is 1.04. The number of fused-ring (bicyclic) bond motifs is 9. The van der Waals surface area contributed by atoms with Gasteiger partial charge in [0.1, 0.15) is 0 Å². The molecule has 2 aliphatic rings. The molecule has 14 rings (SSSR count). The van der Waals surface area contributed by atoms with Gasteiger partial charge in [0.15, 0.2) is 0 Å². The molecule has 0 bridgehead atoms. The van der Waals surface area contributed by atoms with Crippen molar-refractivity contribution in [1.82, 2.24) is 0 Å². The third-order valence-electron chi connectivity index (χ3n) is 18.8. The molecule has 0 N–H and O–H groups in total. The van der Waals surface area contributed by atoms with E-state index in [1.807, 2.05) is 0 Å². The van der Waals surface area contributed by atoms with Gasteiger partial charge in [-0.25, -0.2) is 0 Å². The summed E-state index contributed by atoms with van der Waals surface area (Å²) in [7, 11) is 0. The fourth-order valence-electron chi connectivity index (χ4n) is 14.0. The number of rotatable bonds is 8. The molecule has 0 unspecified atom stereocenters. The highest BCUT2D eigenvalue weighted by atomic mass is 15.1. The first-order valence-electron chi connectivity index (χ1n) is 30.1. The molecule has 2 nitrogen and oxygen atoms in total. The minimum absolute atomic E-state index is 0.0570. The zero-order valence-corrected chi connectivity index (χ0v) is 50.8. The second kappa shape index (κ2) is 19.3. The lowest BCUT2D eigenvalue weighted by molar-refractivity contribution is 0.590. The van der Waals surface area contributed by atoms with Crippen molar-refractivity contribution >= 4 is 66.4 Å². The number of anilines is 6. The van der Waals surface area contributed by atoms with E-state index in [9.17, 15) is 0 Å². The van der Waals surface area contributed by atoms with Gasteiger partial charge in [0.05, 0.1) is 0 Å². The summed E-state index contributed by atoms with van der Waals surface area (Å²) in [4.78, 5) is 4.90. The van der Waals surface area contributed by atoms with Crippen LogP contribution in [0.4, 0.5) is 34.1 Å². The van der Waals surface area contributed by atoms with Gasteiger partial charge in [-0.2, -0.15) is 0 Å². The van der Waals surface area contributed by atoms with Gasteiger partial charge in [-0.05, 0) is 220 Å². The molecule has 0 heterocycles. The molecule has 0 saturated heterocycles. The lowest BCUT2D eigenvalue weighted by atomic mass is 9.75. The molecule has 0 atom stereocenters. The van der Waals surface area contributed by atoms with E-state index in [-0.39, 0.29) is 21.7 Å². The van der Waals surface area contributed by atoms with Crippen LogP contribution in [0.3, 0.4) is 0 Å². The van der Waals surface area contributed by atoms with Gasteiger partial charge in [0, 0.05) is 45.0 Å². The summed E-state index contributed by atoms with van der Waals surface area (Å²) in [5.74, 6) is 0. The highest BCUT2D eigenvalue weighted by Gasteiger charge is 2.43. The normalized spacial score (nSPS) is 13.9. The minimum Gasteiger partial charge on any atom is -0.310 e. The Hall–Kier alpha value is -8.98. The van der Waals surface area contributed by atoms with Gasteiger partial charge in [0.2, 0.25) is 0 Å². The quantitative estimate of drug-likeness (QED) is 0.150. The van der Waals surface area contributed by atoms with Crippen LogP contribution in [0.5, 0.6) is 0 Å². The van der Waals surface area contributed by atoms with Gasteiger partial charge in [-0.1, -0.05) is 226 Å². The Kier molecular flexibility index (Phi) is 12.2. The number of hydrogen-bond donors (Lipinski definition) is 0. The number of nitrogens with zero attached hydrogens (tertiary/aromatic N) is 2. The predicted octanol–water partition coefficient (Wildman–Crippen LogP) is 23.2. The van der Waals surface area contributed by atoms with Crippen molar-refractivity contribution in [3.63, 3.8) is 0 Å². The third kappa shape index (κ3) is 8.67. The topological polar surface area (TPSA) is 6.48 Å². The lowest BCUT2D eigenvalue weighted by Crippen LogP contribution is -2.17. The SMILES string of the molecule is Cc1ccc(N(c2ccc3c(c2)C(C)(C)c2cc4c(-c5cccc(C(C)(C)C)c5)c5c(cc4c(-c4cccc(C(C)(C)C)c4)c2-3)C(C)(C)c2cc(N(c3ccc(C)cc3)c3ccc4ccccc4c3)ccc2-5)c2ccc3ccccc3c2)cc1. The average Bonchev–Trinajstić information content (AvgIpc) is 1.68. The van der Waals surface area contributed by atoms with E-state index in [1.165, 1.54) is 121 Å². The Morgan fingerprint density at radius 1 is 0.286 bits per heavy atom. The van der Waals surface area contributed by atoms with Crippen LogP contribution < -0.4 is 9.80 Å². The van der Waals surface area contributed by atoms with E-state index in [0.717, 1.165) is 34.1 Å². The number of aryl methyl sites for hydroxylation is 2. The van der Waals surface area contributed by atoms with Crippen molar-refractivity contribution in [2.45, 2.75) is 105 Å². The number of benzene rings is 12. The van der Waals surface area contributed by atoms with E-state index in [0.29, 0.717) is 0 Å². The van der Waals surface area contributed by atoms with E-state index in [2.05, 4.69) is 323 Å². The van der Waals surface area contributed by atoms with Gasteiger partial charge in [-0.15, -0.1) is 0 Å². The molecule has 0 amide bonds. The summed E-state index contributed by atoms with van der Waals surface area (Å²) in [5.41, 5.74) is 26.9. The van der Waals surface area contributed by atoms with E-state index >= 15 is 0 Å². The van der Waals surface area contributed by atoms with Crippen LogP contribution in [0.25, 0.3) is 76.8 Å². The molecule has 2 heteroatoms. The highest BCUT2D eigenvalue weighted by molar-refractivity contribution is 6.17. The van der Waals surface area contributed by atoms with Crippen LogP contribution in [-0.2, 0) is 21.7 Å². The Morgan fingerprint density at radius 3 is 1.01 bits per heavy atom. The van der Waals surface area contributed by atoms with Crippen molar-refractivity contribution in [2.24, 2.45) is 0 Å². The van der Waals surface area contributed by atoms with Crippen LogP contribution >= 0.6 is 0 Å². The molecule has 12 aromatic rings. The predicted molar refractivity (Wildman–Crippen MR) is 361 cm³/mol. The van der Waals surface area contributed by atoms with Crippen molar-refractivity contribution in [2.75, 3.05) is 9.80 Å². The molecule has 0 aliphatic heterocycles. The summed E-state index contributed by atoms with van der Waals surface area (Å²) in [6.45, 7) is 28.3. The molecule has 12 aromatic carbocycles. The van der Waals surface area contributed by atoms with Crippen LogP contribution in [-0.4, -0.2) is 0 Å². The Labute approximate surface area is 497 Å². The molecular formula is C82H74N2. The van der Waals surface area contributed by atoms with Crippen molar-refractivity contribution in [1.29, 1.82) is 0 Å². The fourth-order valence-corrected chi connectivity index (χ4v) is 14.0. The van der Waals surface area contributed by atoms with E-state index < -0.39 is 0 Å². The molecule has 2 aliphatic carbocycles. The second-order valence-corrected chi connectivity index (χ2v) is 27.2. The molecule has 84 heavy (non-hydrogen) atoms. The standard InChI is InChI=1S/C82H74N2/c1-51-27-33-61(34-28-51)83(63-37-31-53-19-13-15-21-55(53)45-63)65-39-41-67-71(47-65)81(9,10)73-49-69-70(75(77(67)73)57-23-17-25-59(43-57)79(3,4)5)50-74-78(76(69)58-24-18-26-60(44-58)80(6,7)8)68-42-40-66(48-72(68)82(74,11)12)84(62-35-29-52(2)30-36-62)64-38-32-54-20-14-16-22-56(54)46-64/h13-50H,1-12H3. The second-order valence-electron chi connectivity index (χ2n) is 27.2. The van der Waals surface area contributed by atoms with Gasteiger partial charge in [-0.3, -0.25) is 0 Å². The Morgan fingerprint density at radius 2 is 0.631 bits per heavy atom. The summed E-state index contributed by atoms with van der Waals surface area (Å²) in [6.07, 6.45) is 0. The zero-order chi connectivity index (χ0) is 58.2. The van der Waals surface area contributed by atoms with E-state index in [1.54, 1.807) is 0 Å². The van der Waals surface area contributed by atoms with E-state index in [4.69, 9.17) is 0 Å². The molecule has 0 fully saturated rings. The average molecular weight is 1090 g/mol. The third-order valence-corrected chi connectivity index (χ3v) is 18.8. The molecule has 412 valence electrons. The summed E-state index contributed by atoms with van der Waals surface area (Å²) < 4.78 is 0. The maximum absolute atomic E-state index is 2.63. The highest BCUT2D eigenvalue weighted by Crippen LogP contribution is 2.61. The molecular weight excluding hydrogens is 1010 g/mol. The summed E-state index contributed by atoms with van der Waals surface area (Å²) in [5, 5.41) is 7.50. The van der Waals surface area contributed by atoms with Crippen LogP contribution in [0.2, 0.25) is 0 Å². The summed E-state index contributed by atoms with van der Waals surface area (Å²) in [6, 6.07) is 88.1. The molecule has 0 aromatic heterocycles. The van der Waals surface area contributed by atoms with Crippen LogP contribution in [0.15, 0.2) is 231 Å². The molecule has 0 saturated carbocycles. The van der Waals surface area contributed by atoms with Crippen molar-refractivity contribution in [3.8, 4) is 44.5 Å². The van der Waals surface area contributed by atoms with Crippen molar-refractivity contribution < 1.29 is 0 Å². The first-order chi connectivity index (χ1) is 40.2. The minimum atomic E-state index is -0.370. The van der Waals surface area contributed by atoms with Gasteiger partial charge < -0.3 is 9.80 Å². The first kappa shape index (κ1) is 53.1. The zero-order valence-electron chi connectivity index (χ0n) is 50.8. The largest absolute Gasteiger partial charge is 0.310 e. The molecule has 0 spiro atoms. The molecule has 0 radical (unpaired) electrons. The van der Waals surface area contributed by atoms with Crippen molar-refractivity contribution in [3.05, 3.63) is 275 Å². The number of hydrogen-bond acceptors (Lipinski definition) is 2. The van der Waals surface area contributed by atoms with Gasteiger partial charge in [0.25, 0.3) is 0 Å². The fraction of sp³-hybridized carbons (Fsp3) is 0.195. The maximum atomic E-state index is 2.63. The maximum Gasteiger partial charge on any atom is 0.0468 e. The first-order valence-corrected chi connectivity index (χ1v) is 30.1. The van der Waals surface area contributed by atoms with Crippen LogP contribution in [0, 0.1) is 13.8 Å². The summed E-state index contributed by atoms with van der Waals surface area (Å²) >= 11 is 0. The van der Waals surface area contributed by atoms with Crippen LogP contribution in [0.1, 0.15) is 114 Å². The Bertz CT molecular complexity index is 4330. The smallest absolute Gasteiger partial charge is 0.0468 e. The lowest BCUT2D eigenvalue weighted by Gasteiger charge is -2.29.